The molecule has 3 atom stereocenters. The van der Waals surface area contributed by atoms with E-state index in [9.17, 15) is 14.7 Å². The number of rotatable bonds is 3. The Morgan fingerprint density at radius 3 is 2.27 bits per heavy atom. The topological polar surface area (TPSA) is 70.1 Å². The summed E-state index contributed by atoms with van der Waals surface area (Å²) in [6.07, 6.45) is -0.956. The van der Waals surface area contributed by atoms with Crippen LogP contribution in [0.25, 0.3) is 0 Å². The van der Waals surface area contributed by atoms with Crippen LogP contribution in [-0.4, -0.2) is 23.0 Å². The van der Waals surface area contributed by atoms with E-state index in [-0.39, 0.29) is 11.7 Å². The van der Waals surface area contributed by atoms with Crippen molar-refractivity contribution in [3.8, 4) is 5.75 Å². The number of imide groups is 1. The Morgan fingerprint density at radius 1 is 0.833 bits per heavy atom. The number of phenols is 1. The number of carbonyl (C=O) groups excluding carboxylic acids is 2. The van der Waals surface area contributed by atoms with E-state index in [0.29, 0.717) is 16.9 Å². The Kier molecular flexibility index (Phi) is 4.29. The van der Waals surface area contributed by atoms with Crippen LogP contribution < -0.4 is 9.96 Å². The fourth-order valence-corrected chi connectivity index (χ4v) is 4.29. The molecule has 3 aromatic rings. The van der Waals surface area contributed by atoms with Gasteiger partial charge in [0.1, 0.15) is 11.7 Å². The maximum absolute atomic E-state index is 13.5. The van der Waals surface area contributed by atoms with Crippen LogP contribution in [0.5, 0.6) is 5.75 Å². The molecule has 3 aromatic carbocycles. The first-order chi connectivity index (χ1) is 14.6. The molecule has 6 nitrogen and oxygen atoms in total. The third kappa shape index (κ3) is 2.76. The van der Waals surface area contributed by atoms with E-state index in [1.165, 1.54) is 4.90 Å². The molecular weight excluding hydrogens is 380 g/mol. The van der Waals surface area contributed by atoms with Gasteiger partial charge in [0.25, 0.3) is 5.91 Å². The lowest BCUT2D eigenvalue weighted by Crippen LogP contribution is -2.37. The number of amides is 2. The third-order valence-corrected chi connectivity index (χ3v) is 5.64. The summed E-state index contributed by atoms with van der Waals surface area (Å²) in [5.41, 5.74) is 2.74. The highest BCUT2D eigenvalue weighted by Crippen LogP contribution is 2.49. The van der Waals surface area contributed by atoms with Gasteiger partial charge in [0.05, 0.1) is 17.4 Å². The number of benzene rings is 3. The van der Waals surface area contributed by atoms with Crippen LogP contribution >= 0.6 is 0 Å². The quantitative estimate of drug-likeness (QED) is 0.678. The molecule has 0 saturated carbocycles. The fraction of sp³-hybridized carbons (Fsp3) is 0.167. The van der Waals surface area contributed by atoms with Crippen LogP contribution in [0.1, 0.15) is 17.2 Å². The number of carbonyl (C=O) groups is 2. The number of hydrogen-bond donors (Lipinski definition) is 1. The summed E-state index contributed by atoms with van der Waals surface area (Å²) in [6.45, 7) is 1.91. The Balaban J connectivity index is 1.61. The number of anilines is 2. The van der Waals surface area contributed by atoms with Crippen molar-refractivity contribution in [3.63, 3.8) is 0 Å². The van der Waals surface area contributed by atoms with E-state index >= 15 is 0 Å². The SMILES string of the molecule is Cc1cccc(N2C(=O)[C@@H]3[C@H](ON(c4ccccc4)[C@H]3c3ccccc3O)C2=O)c1. The molecule has 30 heavy (non-hydrogen) atoms. The molecule has 0 bridgehead atoms. The lowest BCUT2D eigenvalue weighted by Gasteiger charge is -2.29. The zero-order valence-electron chi connectivity index (χ0n) is 16.3. The highest BCUT2D eigenvalue weighted by Gasteiger charge is 2.60. The van der Waals surface area contributed by atoms with Gasteiger partial charge in [-0.05, 0) is 42.8 Å². The molecule has 2 aliphatic rings. The number of fused-ring (bicyclic) bond motifs is 1. The van der Waals surface area contributed by atoms with Crippen LogP contribution in [0.3, 0.4) is 0 Å². The second-order valence-electron chi connectivity index (χ2n) is 7.57. The average molecular weight is 400 g/mol. The lowest BCUT2D eigenvalue weighted by molar-refractivity contribution is -0.126. The third-order valence-electron chi connectivity index (χ3n) is 5.64. The number of hydrogen-bond acceptors (Lipinski definition) is 5. The first kappa shape index (κ1) is 18.4. The number of para-hydroxylation sites is 2. The Labute approximate surface area is 173 Å². The number of aryl methyl sites for hydroxylation is 1. The minimum atomic E-state index is -0.956. The Morgan fingerprint density at radius 2 is 1.53 bits per heavy atom. The average Bonchev–Trinajstić information content (AvgIpc) is 3.25. The van der Waals surface area contributed by atoms with Gasteiger partial charge in [-0.3, -0.25) is 14.4 Å². The molecular formula is C24H20N2O4. The van der Waals surface area contributed by atoms with Gasteiger partial charge in [-0.2, -0.15) is 0 Å². The minimum Gasteiger partial charge on any atom is -0.508 e. The highest BCUT2D eigenvalue weighted by molar-refractivity contribution is 6.24. The molecule has 2 saturated heterocycles. The van der Waals surface area contributed by atoms with Crippen LogP contribution in [-0.2, 0) is 14.4 Å². The molecule has 0 radical (unpaired) electrons. The smallest absolute Gasteiger partial charge is 0.266 e. The summed E-state index contributed by atoms with van der Waals surface area (Å²) in [5, 5.41) is 12.1. The summed E-state index contributed by atoms with van der Waals surface area (Å²) in [7, 11) is 0. The van der Waals surface area contributed by atoms with Crippen LogP contribution in [0.4, 0.5) is 11.4 Å². The molecule has 2 fully saturated rings. The maximum atomic E-state index is 13.5. The highest BCUT2D eigenvalue weighted by atomic mass is 16.7. The van der Waals surface area contributed by atoms with Crippen molar-refractivity contribution in [1.82, 2.24) is 0 Å². The van der Waals surface area contributed by atoms with Crippen molar-refractivity contribution in [1.29, 1.82) is 0 Å². The van der Waals surface area contributed by atoms with Crippen molar-refractivity contribution in [3.05, 3.63) is 90.0 Å². The standard InChI is InChI=1S/C24H20N2O4/c1-15-8-7-11-17(14-15)25-23(28)20-21(18-12-5-6-13-19(18)27)26(30-22(20)24(25)29)16-9-3-2-4-10-16/h2-14,20-22,27H,1H3/t20-,21-,22-/m0/s1. The normalized spacial score (nSPS) is 23.2. The van der Waals surface area contributed by atoms with E-state index in [4.69, 9.17) is 4.84 Å². The Hall–Kier alpha value is -3.64. The maximum Gasteiger partial charge on any atom is 0.266 e. The fourth-order valence-electron chi connectivity index (χ4n) is 4.29. The zero-order valence-corrected chi connectivity index (χ0v) is 16.3. The first-order valence-electron chi connectivity index (χ1n) is 9.79. The number of phenolic OH excluding ortho intramolecular Hbond substituents is 1. The molecule has 0 spiro atoms. The monoisotopic (exact) mass is 400 g/mol. The molecule has 2 amide bonds. The van der Waals surface area contributed by atoms with Gasteiger partial charge in [0.2, 0.25) is 5.91 Å². The molecule has 0 aromatic heterocycles. The van der Waals surface area contributed by atoms with Gasteiger partial charge in [-0.1, -0.05) is 48.5 Å². The van der Waals surface area contributed by atoms with Crippen LogP contribution in [0, 0.1) is 12.8 Å². The van der Waals surface area contributed by atoms with E-state index in [1.54, 1.807) is 41.5 Å². The van der Waals surface area contributed by atoms with Crippen molar-refractivity contribution < 1.29 is 19.5 Å². The molecule has 1 N–H and O–H groups in total. The zero-order chi connectivity index (χ0) is 20.8. The van der Waals surface area contributed by atoms with Gasteiger partial charge in [0.15, 0.2) is 6.10 Å². The summed E-state index contributed by atoms with van der Waals surface area (Å²) < 4.78 is 0. The molecule has 6 heteroatoms. The van der Waals surface area contributed by atoms with Gasteiger partial charge in [-0.25, -0.2) is 9.96 Å². The van der Waals surface area contributed by atoms with E-state index < -0.39 is 24.0 Å². The molecule has 2 heterocycles. The van der Waals surface area contributed by atoms with Crippen LogP contribution in [0.15, 0.2) is 78.9 Å². The van der Waals surface area contributed by atoms with E-state index in [1.807, 2.05) is 49.4 Å². The predicted octanol–water partition coefficient (Wildman–Crippen LogP) is 3.75. The summed E-state index contributed by atoms with van der Waals surface area (Å²) in [5.74, 6) is -1.44. The molecule has 2 aliphatic heterocycles. The summed E-state index contributed by atoms with van der Waals surface area (Å²) in [6, 6.07) is 22.8. The minimum absolute atomic E-state index is 0.0573. The molecule has 150 valence electrons. The summed E-state index contributed by atoms with van der Waals surface area (Å²) >= 11 is 0. The lowest BCUT2D eigenvalue weighted by atomic mass is 9.90. The molecule has 5 rings (SSSR count). The molecule has 0 unspecified atom stereocenters. The van der Waals surface area contributed by atoms with Gasteiger partial charge < -0.3 is 5.11 Å². The van der Waals surface area contributed by atoms with Crippen molar-refractivity contribution in [2.75, 3.05) is 9.96 Å². The second-order valence-corrected chi connectivity index (χ2v) is 7.57. The number of hydroxylamine groups is 1. The van der Waals surface area contributed by atoms with Crippen LogP contribution in [0.2, 0.25) is 0 Å². The van der Waals surface area contributed by atoms with Gasteiger partial charge >= 0.3 is 0 Å². The largest absolute Gasteiger partial charge is 0.508 e. The Bertz CT molecular complexity index is 1130. The predicted molar refractivity (Wildman–Crippen MR) is 112 cm³/mol. The van der Waals surface area contributed by atoms with Crippen molar-refractivity contribution in [2.45, 2.75) is 19.1 Å². The first-order valence-corrected chi connectivity index (χ1v) is 9.79. The van der Waals surface area contributed by atoms with Gasteiger partial charge in [0, 0.05) is 5.56 Å². The van der Waals surface area contributed by atoms with Crippen molar-refractivity contribution >= 4 is 23.2 Å². The second kappa shape index (κ2) is 7.00. The number of nitrogens with zero attached hydrogens (tertiary/aromatic N) is 2. The van der Waals surface area contributed by atoms with Gasteiger partial charge in [-0.15, -0.1) is 0 Å². The number of aromatic hydroxyl groups is 1. The van der Waals surface area contributed by atoms with E-state index in [0.717, 1.165) is 5.56 Å². The summed E-state index contributed by atoms with van der Waals surface area (Å²) in [4.78, 5) is 34.0. The van der Waals surface area contributed by atoms with Crippen molar-refractivity contribution in [2.24, 2.45) is 5.92 Å². The molecule has 0 aliphatic carbocycles. The van der Waals surface area contributed by atoms with E-state index in [2.05, 4.69) is 0 Å².